The molecule has 1 aliphatic carbocycles. The van der Waals surface area contributed by atoms with Crippen molar-refractivity contribution in [2.45, 2.75) is 76.2 Å². The van der Waals surface area contributed by atoms with Crippen molar-refractivity contribution >= 4 is 29.4 Å². The standard InChI is InChI=1S/C28H40F3N5O5/c1-4-22(37)34-23(24(38)36-16-14-35(3)15-17-36)18(2)19-10-12-21(13-11-19)33-25(39)27(32,20-8-6-5-7-9-20)41-26(40)28(29,30)31/h10-13,18,20,23H,4-9,14-17,32H2,1-3H3,(H,33,39)(H,34,37)/t18-,23+,27-/m0/s1. The number of halogens is 3. The lowest BCUT2D eigenvalue weighted by atomic mass is 9.81. The van der Waals surface area contributed by atoms with Crippen LogP contribution in [0, 0.1) is 5.92 Å². The first-order valence-electron chi connectivity index (χ1n) is 14.0. The van der Waals surface area contributed by atoms with E-state index in [-0.39, 0.29) is 23.9 Å². The summed E-state index contributed by atoms with van der Waals surface area (Å²) in [6.07, 6.45) is -2.26. The summed E-state index contributed by atoms with van der Waals surface area (Å²) < 4.78 is 43.6. The topological polar surface area (TPSA) is 134 Å². The summed E-state index contributed by atoms with van der Waals surface area (Å²) in [7, 11) is 1.98. The Morgan fingerprint density at radius 2 is 1.61 bits per heavy atom. The molecule has 3 amide bonds. The molecule has 1 aliphatic heterocycles. The van der Waals surface area contributed by atoms with Gasteiger partial charge in [0.25, 0.3) is 5.91 Å². The second kappa shape index (κ2) is 13.6. The first-order chi connectivity index (χ1) is 19.3. The number of piperazine rings is 1. The summed E-state index contributed by atoms with van der Waals surface area (Å²) in [5, 5.41) is 5.33. The Kier molecular flexibility index (Phi) is 10.8. The second-order valence-corrected chi connectivity index (χ2v) is 10.9. The van der Waals surface area contributed by atoms with Gasteiger partial charge in [0, 0.05) is 50.1 Å². The molecule has 1 heterocycles. The smallest absolute Gasteiger partial charge is 0.427 e. The number of hydrogen-bond acceptors (Lipinski definition) is 7. The molecule has 1 aromatic rings. The highest BCUT2D eigenvalue weighted by Gasteiger charge is 2.52. The number of carbonyl (C=O) groups is 4. The van der Waals surface area contributed by atoms with Crippen LogP contribution in [0.2, 0.25) is 0 Å². The highest BCUT2D eigenvalue weighted by atomic mass is 19.4. The quantitative estimate of drug-likeness (QED) is 0.301. The molecule has 0 unspecified atom stereocenters. The minimum Gasteiger partial charge on any atom is -0.427 e. The van der Waals surface area contributed by atoms with Crippen LogP contribution in [0.15, 0.2) is 24.3 Å². The number of anilines is 1. The molecule has 10 nitrogen and oxygen atoms in total. The van der Waals surface area contributed by atoms with Crippen LogP contribution >= 0.6 is 0 Å². The van der Waals surface area contributed by atoms with Crippen molar-refractivity contribution in [1.82, 2.24) is 15.1 Å². The fourth-order valence-corrected chi connectivity index (χ4v) is 5.25. The van der Waals surface area contributed by atoms with Gasteiger partial charge in [0.2, 0.25) is 17.5 Å². The van der Waals surface area contributed by atoms with Gasteiger partial charge in [-0.15, -0.1) is 0 Å². The van der Waals surface area contributed by atoms with Crippen LogP contribution in [0.25, 0.3) is 0 Å². The highest BCUT2D eigenvalue weighted by molar-refractivity contribution is 5.98. The fourth-order valence-electron chi connectivity index (χ4n) is 5.25. The molecule has 228 valence electrons. The summed E-state index contributed by atoms with van der Waals surface area (Å²) in [5.74, 6) is -5.21. The van der Waals surface area contributed by atoms with E-state index in [2.05, 4.69) is 20.3 Å². The fraction of sp³-hybridized carbons (Fsp3) is 0.643. The van der Waals surface area contributed by atoms with E-state index in [4.69, 9.17) is 5.73 Å². The number of hydrogen-bond donors (Lipinski definition) is 3. The zero-order chi connectivity index (χ0) is 30.4. The third kappa shape index (κ3) is 8.19. The number of esters is 1. The molecule has 1 saturated carbocycles. The van der Waals surface area contributed by atoms with Crippen molar-refractivity contribution in [3.05, 3.63) is 29.8 Å². The molecule has 2 fully saturated rings. The number of nitrogens with zero attached hydrogens (tertiary/aromatic N) is 2. The average Bonchev–Trinajstić information content (AvgIpc) is 2.95. The summed E-state index contributed by atoms with van der Waals surface area (Å²) in [4.78, 5) is 54.4. The predicted molar refractivity (Wildman–Crippen MR) is 145 cm³/mol. The Morgan fingerprint density at radius 1 is 1.02 bits per heavy atom. The van der Waals surface area contributed by atoms with Gasteiger partial charge in [0.1, 0.15) is 6.04 Å². The van der Waals surface area contributed by atoms with Crippen molar-refractivity contribution < 1.29 is 37.1 Å². The number of rotatable bonds is 9. The molecule has 0 aromatic heterocycles. The third-order valence-corrected chi connectivity index (χ3v) is 7.97. The monoisotopic (exact) mass is 583 g/mol. The van der Waals surface area contributed by atoms with Crippen molar-refractivity contribution in [2.24, 2.45) is 11.7 Å². The van der Waals surface area contributed by atoms with Gasteiger partial charge >= 0.3 is 12.1 Å². The van der Waals surface area contributed by atoms with Crippen molar-refractivity contribution in [3.8, 4) is 0 Å². The number of ether oxygens (including phenoxy) is 1. The van der Waals surface area contributed by atoms with Gasteiger partial charge < -0.3 is 25.2 Å². The lowest BCUT2D eigenvalue weighted by Gasteiger charge is -2.37. The van der Waals surface area contributed by atoms with Crippen LogP contribution in [-0.4, -0.2) is 84.7 Å². The molecule has 1 aromatic carbocycles. The van der Waals surface area contributed by atoms with E-state index in [9.17, 15) is 32.3 Å². The molecule has 3 rings (SSSR count). The minimum atomic E-state index is -5.30. The van der Waals surface area contributed by atoms with Crippen molar-refractivity contribution in [3.63, 3.8) is 0 Å². The van der Waals surface area contributed by atoms with E-state index >= 15 is 0 Å². The van der Waals surface area contributed by atoms with Gasteiger partial charge in [0.05, 0.1) is 0 Å². The zero-order valence-electron chi connectivity index (χ0n) is 23.8. The van der Waals surface area contributed by atoms with Crippen LogP contribution in [0.4, 0.5) is 18.9 Å². The lowest BCUT2D eigenvalue weighted by Crippen LogP contribution is -2.61. The van der Waals surface area contributed by atoms with Gasteiger partial charge in [-0.25, -0.2) is 4.79 Å². The molecule has 4 N–H and O–H groups in total. The number of nitrogens with two attached hydrogens (primary N) is 1. The molecule has 1 saturated heterocycles. The summed E-state index contributed by atoms with van der Waals surface area (Å²) >= 11 is 0. The molecule has 0 spiro atoms. The van der Waals surface area contributed by atoms with E-state index in [1.807, 2.05) is 14.0 Å². The molecule has 0 bridgehead atoms. The molecule has 3 atom stereocenters. The molecule has 0 radical (unpaired) electrons. The molecular formula is C28H40F3N5O5. The highest BCUT2D eigenvalue weighted by Crippen LogP contribution is 2.35. The van der Waals surface area contributed by atoms with E-state index in [1.165, 1.54) is 12.1 Å². The average molecular weight is 584 g/mol. The van der Waals surface area contributed by atoms with Crippen LogP contribution < -0.4 is 16.4 Å². The number of likely N-dealkylation sites (N-methyl/N-ethyl adjacent to an activating group) is 1. The Morgan fingerprint density at radius 3 is 2.15 bits per heavy atom. The minimum absolute atomic E-state index is 0.184. The lowest BCUT2D eigenvalue weighted by molar-refractivity contribution is -0.218. The van der Waals surface area contributed by atoms with E-state index in [0.29, 0.717) is 44.3 Å². The second-order valence-electron chi connectivity index (χ2n) is 10.9. The number of alkyl halides is 3. The van der Waals surface area contributed by atoms with Gasteiger partial charge in [0.15, 0.2) is 0 Å². The Bertz CT molecular complexity index is 1090. The summed E-state index contributed by atoms with van der Waals surface area (Å²) in [6, 6.07) is 5.55. The van der Waals surface area contributed by atoms with Gasteiger partial charge in [-0.1, -0.05) is 45.2 Å². The zero-order valence-corrected chi connectivity index (χ0v) is 23.8. The maximum absolute atomic E-state index is 13.4. The summed E-state index contributed by atoms with van der Waals surface area (Å²) in [6.45, 7) is 6.06. The SMILES string of the molecule is CCC(=O)N[C@@H](C(=O)N1CCN(C)CC1)[C@@H](C)c1ccc(NC(=O)[C@@](N)(OC(=O)C(F)(F)F)C2CCCCC2)cc1. The van der Waals surface area contributed by atoms with Gasteiger partial charge in [-0.2, -0.15) is 13.2 Å². The van der Waals surface area contributed by atoms with Crippen molar-refractivity contribution in [2.75, 3.05) is 38.5 Å². The predicted octanol–water partition coefficient (Wildman–Crippen LogP) is 2.74. The normalized spacial score (nSPS) is 19.9. The van der Waals surface area contributed by atoms with Crippen LogP contribution in [0.1, 0.15) is 63.9 Å². The number of amides is 3. The third-order valence-electron chi connectivity index (χ3n) is 7.97. The van der Waals surface area contributed by atoms with Crippen LogP contribution in [-0.2, 0) is 23.9 Å². The van der Waals surface area contributed by atoms with Gasteiger partial charge in [-0.3, -0.25) is 20.1 Å². The molecule has 2 aliphatic rings. The van der Waals surface area contributed by atoms with E-state index in [0.717, 1.165) is 19.5 Å². The Hall–Kier alpha value is -3.19. The van der Waals surface area contributed by atoms with Crippen LogP contribution in [0.5, 0.6) is 0 Å². The van der Waals surface area contributed by atoms with Crippen molar-refractivity contribution in [1.29, 1.82) is 0 Å². The molecule has 13 heteroatoms. The van der Waals surface area contributed by atoms with E-state index in [1.54, 1.807) is 24.0 Å². The maximum atomic E-state index is 13.4. The molecule has 41 heavy (non-hydrogen) atoms. The first kappa shape index (κ1) is 32.3. The molecular weight excluding hydrogens is 543 g/mol. The van der Waals surface area contributed by atoms with Gasteiger partial charge in [-0.05, 0) is 37.6 Å². The number of carbonyl (C=O) groups excluding carboxylic acids is 4. The maximum Gasteiger partial charge on any atom is 0.491 e. The summed E-state index contributed by atoms with van der Waals surface area (Å²) in [5.41, 5.74) is 4.53. The number of nitrogens with one attached hydrogen (secondary N) is 2. The number of benzene rings is 1. The van der Waals surface area contributed by atoms with E-state index < -0.39 is 41.7 Å². The Balaban J connectivity index is 1.77. The Labute approximate surface area is 238 Å². The van der Waals surface area contributed by atoms with Crippen LogP contribution in [0.3, 0.4) is 0 Å². The first-order valence-corrected chi connectivity index (χ1v) is 14.0. The largest absolute Gasteiger partial charge is 0.491 e.